The van der Waals surface area contributed by atoms with Gasteiger partial charge in [-0.3, -0.25) is 4.79 Å². The zero-order valence-electron chi connectivity index (χ0n) is 16.8. The number of aromatic amines is 1. The number of fused-ring (bicyclic) bond motifs is 1. The molecule has 3 aromatic rings. The Hall–Kier alpha value is -2.79. The van der Waals surface area contributed by atoms with E-state index in [1.54, 1.807) is 7.11 Å². The maximum atomic E-state index is 13.0. The van der Waals surface area contributed by atoms with Crippen LogP contribution in [0, 0.1) is 6.92 Å². The number of carbonyl (C=O) groups is 1. The molecule has 2 aromatic carbocycles. The van der Waals surface area contributed by atoms with E-state index in [-0.39, 0.29) is 5.78 Å². The van der Waals surface area contributed by atoms with Crippen LogP contribution in [0.15, 0.2) is 48.7 Å². The van der Waals surface area contributed by atoms with Crippen molar-refractivity contribution in [2.45, 2.75) is 19.9 Å². The predicted octanol–water partition coefficient (Wildman–Crippen LogP) is 2.46. The van der Waals surface area contributed by atoms with E-state index in [0.717, 1.165) is 41.9 Å². The number of carbonyl (C=O) groups excluding carboxylic acids is 1. The zero-order chi connectivity index (χ0) is 19.7. The van der Waals surface area contributed by atoms with Gasteiger partial charge in [0.1, 0.15) is 12.3 Å². The maximum Gasteiger partial charge on any atom is 0.219 e. The van der Waals surface area contributed by atoms with E-state index < -0.39 is 0 Å². The first-order valence-electron chi connectivity index (χ1n) is 9.90. The molecule has 1 fully saturated rings. The van der Waals surface area contributed by atoms with Crippen molar-refractivity contribution in [2.24, 2.45) is 0 Å². The van der Waals surface area contributed by atoms with Crippen molar-refractivity contribution >= 4 is 22.4 Å². The third kappa shape index (κ3) is 3.62. The molecule has 1 unspecified atom stereocenters. The fraction of sp³-hybridized carbons (Fsp3) is 0.348. The summed E-state index contributed by atoms with van der Waals surface area (Å²) in [6.07, 6.45) is 1.86. The highest BCUT2D eigenvalue weighted by Crippen LogP contribution is 2.22. The van der Waals surface area contributed by atoms with Gasteiger partial charge in [0.2, 0.25) is 5.78 Å². The number of benzene rings is 2. The molecule has 0 spiro atoms. The molecule has 0 aliphatic carbocycles. The number of H-pyrrole nitrogens is 1. The molecule has 146 valence electrons. The number of hydrogen-bond acceptors (Lipinski definition) is 3. The number of aromatic nitrogens is 1. The normalized spacial score (nSPS) is 19.8. The van der Waals surface area contributed by atoms with E-state index in [1.807, 2.05) is 24.4 Å². The van der Waals surface area contributed by atoms with E-state index in [1.165, 1.54) is 16.2 Å². The number of ether oxygens (including phenoxy) is 1. The molecule has 0 saturated carbocycles. The van der Waals surface area contributed by atoms with Crippen LogP contribution in [0.4, 0.5) is 5.69 Å². The summed E-state index contributed by atoms with van der Waals surface area (Å²) in [5.74, 6) is 1.09. The molecule has 0 bridgehead atoms. The lowest BCUT2D eigenvalue weighted by atomic mass is 10.1. The third-order valence-electron chi connectivity index (χ3n) is 5.77. The van der Waals surface area contributed by atoms with Gasteiger partial charge >= 0.3 is 0 Å². The van der Waals surface area contributed by atoms with Gasteiger partial charge in [0.05, 0.1) is 32.8 Å². The molecule has 2 atom stereocenters. The number of aryl methyl sites for hydroxylation is 1. The highest BCUT2D eigenvalue weighted by Gasteiger charge is 2.29. The van der Waals surface area contributed by atoms with E-state index in [2.05, 4.69) is 48.0 Å². The first-order valence-corrected chi connectivity index (χ1v) is 9.90. The number of hydrogen-bond donors (Lipinski definition) is 2. The Labute approximate surface area is 165 Å². The molecule has 1 aromatic heterocycles. The van der Waals surface area contributed by atoms with E-state index in [4.69, 9.17) is 4.74 Å². The number of methoxy groups -OCH3 is 1. The standard InChI is InChI=1S/C23H27N3O2/c1-16-4-9-22-20(12-16)21(13-24-22)23(27)15-25-10-11-26(17(2)14-25)18-5-7-19(28-3)8-6-18/h4-9,12-13,17,24H,10-11,14-15H2,1-3H3/p+1/t17-/m1/s1. The van der Waals surface area contributed by atoms with Crippen LogP contribution < -0.4 is 14.5 Å². The van der Waals surface area contributed by atoms with Crippen molar-refractivity contribution in [1.82, 2.24) is 4.98 Å². The third-order valence-corrected chi connectivity index (χ3v) is 5.77. The van der Waals surface area contributed by atoms with Crippen LogP contribution in [0.1, 0.15) is 22.8 Å². The Morgan fingerprint density at radius 3 is 2.75 bits per heavy atom. The lowest BCUT2D eigenvalue weighted by Crippen LogP contribution is -3.16. The Bertz CT molecular complexity index is 977. The molecule has 1 aliphatic rings. The van der Waals surface area contributed by atoms with Gasteiger partial charge in [-0.15, -0.1) is 0 Å². The molecule has 2 heterocycles. The fourth-order valence-corrected chi connectivity index (χ4v) is 4.23. The highest BCUT2D eigenvalue weighted by molar-refractivity contribution is 6.08. The molecule has 0 amide bonds. The molecule has 1 aliphatic heterocycles. The summed E-state index contributed by atoms with van der Waals surface area (Å²) in [7, 11) is 1.69. The largest absolute Gasteiger partial charge is 0.497 e. The number of piperazine rings is 1. The summed E-state index contributed by atoms with van der Waals surface area (Å²) >= 11 is 0. The first-order chi connectivity index (χ1) is 13.5. The molecule has 1 saturated heterocycles. The van der Waals surface area contributed by atoms with Gasteiger partial charge in [-0.2, -0.15) is 0 Å². The fourth-order valence-electron chi connectivity index (χ4n) is 4.23. The second-order valence-electron chi connectivity index (χ2n) is 7.80. The lowest BCUT2D eigenvalue weighted by Gasteiger charge is -2.38. The number of Topliss-reactive ketones (excluding diaryl/α,β-unsaturated/α-hetero) is 1. The van der Waals surface area contributed by atoms with Crippen molar-refractivity contribution < 1.29 is 14.4 Å². The number of ketones is 1. The van der Waals surface area contributed by atoms with Crippen LogP contribution in [0.25, 0.3) is 10.9 Å². The van der Waals surface area contributed by atoms with Crippen molar-refractivity contribution in [3.05, 3.63) is 59.8 Å². The van der Waals surface area contributed by atoms with Gasteiger partial charge < -0.3 is 19.5 Å². The molecule has 28 heavy (non-hydrogen) atoms. The number of quaternary nitrogens is 1. The predicted molar refractivity (Wildman–Crippen MR) is 113 cm³/mol. The van der Waals surface area contributed by atoms with Crippen molar-refractivity contribution in [3.63, 3.8) is 0 Å². The van der Waals surface area contributed by atoms with Crippen LogP contribution >= 0.6 is 0 Å². The maximum absolute atomic E-state index is 13.0. The molecular weight excluding hydrogens is 350 g/mol. The molecule has 2 N–H and O–H groups in total. The van der Waals surface area contributed by atoms with Gasteiger partial charge in [-0.1, -0.05) is 11.6 Å². The summed E-state index contributed by atoms with van der Waals surface area (Å²) in [5.41, 5.74) is 4.24. The summed E-state index contributed by atoms with van der Waals surface area (Å²) in [6, 6.07) is 14.8. The average molecular weight is 378 g/mol. The first kappa shape index (κ1) is 18.6. The Morgan fingerprint density at radius 2 is 2.04 bits per heavy atom. The van der Waals surface area contributed by atoms with Gasteiger partial charge in [0.15, 0.2) is 0 Å². The van der Waals surface area contributed by atoms with Crippen molar-refractivity contribution in [2.75, 3.05) is 38.2 Å². The Balaban J connectivity index is 1.42. The number of nitrogens with one attached hydrogen (secondary N) is 2. The van der Waals surface area contributed by atoms with E-state index in [0.29, 0.717) is 12.6 Å². The van der Waals surface area contributed by atoms with Crippen molar-refractivity contribution in [1.29, 1.82) is 0 Å². The minimum atomic E-state index is 0.219. The smallest absolute Gasteiger partial charge is 0.219 e. The minimum absolute atomic E-state index is 0.219. The SMILES string of the molecule is COc1ccc(N2CC[NH+](CC(=O)c3c[nH]c4ccc(C)cc34)C[C@H]2C)cc1. The summed E-state index contributed by atoms with van der Waals surface area (Å²) < 4.78 is 5.25. The van der Waals surface area contributed by atoms with Crippen LogP contribution in [0.3, 0.4) is 0 Å². The summed E-state index contributed by atoms with van der Waals surface area (Å²) in [5, 5.41) is 1.04. The van der Waals surface area contributed by atoms with Crippen LogP contribution in [0.2, 0.25) is 0 Å². The Kier molecular flexibility index (Phi) is 5.09. The topological polar surface area (TPSA) is 49.8 Å². The van der Waals surface area contributed by atoms with E-state index >= 15 is 0 Å². The molecule has 4 rings (SSSR count). The second kappa shape index (κ2) is 7.68. The lowest BCUT2D eigenvalue weighted by molar-refractivity contribution is -0.894. The van der Waals surface area contributed by atoms with Gasteiger partial charge in [0.25, 0.3) is 0 Å². The van der Waals surface area contributed by atoms with Crippen LogP contribution in [-0.2, 0) is 0 Å². The average Bonchev–Trinajstić information content (AvgIpc) is 3.11. The molecular formula is C23H28N3O2+. The number of anilines is 1. The zero-order valence-corrected chi connectivity index (χ0v) is 16.8. The van der Waals surface area contributed by atoms with Gasteiger partial charge in [-0.25, -0.2) is 0 Å². The highest BCUT2D eigenvalue weighted by atomic mass is 16.5. The molecule has 5 nitrogen and oxygen atoms in total. The summed E-state index contributed by atoms with van der Waals surface area (Å²) in [4.78, 5) is 20.0. The summed E-state index contributed by atoms with van der Waals surface area (Å²) in [6.45, 7) is 7.71. The second-order valence-corrected chi connectivity index (χ2v) is 7.80. The monoisotopic (exact) mass is 378 g/mol. The number of nitrogens with zero attached hydrogens (tertiary/aromatic N) is 1. The number of rotatable bonds is 5. The van der Waals surface area contributed by atoms with E-state index in [9.17, 15) is 4.79 Å². The molecule has 5 heteroatoms. The van der Waals surface area contributed by atoms with Crippen LogP contribution in [0.5, 0.6) is 5.75 Å². The van der Waals surface area contributed by atoms with Gasteiger partial charge in [-0.05, 0) is 50.2 Å². The van der Waals surface area contributed by atoms with Gasteiger partial charge in [0, 0.05) is 28.4 Å². The van der Waals surface area contributed by atoms with Crippen LogP contribution in [-0.4, -0.2) is 50.1 Å². The minimum Gasteiger partial charge on any atom is -0.497 e. The molecule has 0 radical (unpaired) electrons. The Morgan fingerprint density at radius 1 is 1.25 bits per heavy atom. The van der Waals surface area contributed by atoms with Crippen molar-refractivity contribution in [3.8, 4) is 5.75 Å². The quantitative estimate of drug-likeness (QED) is 0.671.